The normalized spacial score (nSPS) is 22.1. The maximum Gasteiger partial charge on any atom is 0.0951 e. The molecule has 2 rings (SSSR count). The molecule has 16 heavy (non-hydrogen) atoms. The van der Waals surface area contributed by atoms with E-state index >= 15 is 0 Å². The Hall–Kier alpha value is -0.870. The maximum atomic E-state index is 4.25. The second kappa shape index (κ2) is 4.97. The molecule has 2 heterocycles. The Kier molecular flexibility index (Phi) is 3.61. The minimum absolute atomic E-state index is 0.500. The van der Waals surface area contributed by atoms with Crippen LogP contribution in [0.5, 0.6) is 0 Å². The molecule has 1 fully saturated rings. The monoisotopic (exact) mass is 222 g/mol. The molecule has 1 aliphatic rings. The molecule has 1 N–H and O–H groups in total. The number of hydrogen-bond acceptors (Lipinski definition) is 3. The molecule has 90 valence electrons. The lowest BCUT2D eigenvalue weighted by Crippen LogP contribution is -2.29. The second-order valence-corrected chi connectivity index (χ2v) is 4.90. The van der Waals surface area contributed by atoms with Crippen molar-refractivity contribution in [2.24, 2.45) is 0 Å². The Balaban J connectivity index is 1.96. The van der Waals surface area contributed by atoms with E-state index in [1.807, 2.05) is 19.6 Å². The Morgan fingerprint density at radius 3 is 3.00 bits per heavy atom. The van der Waals surface area contributed by atoms with Gasteiger partial charge in [-0.25, -0.2) is 4.98 Å². The summed E-state index contributed by atoms with van der Waals surface area (Å²) in [5, 5.41) is 3.35. The number of rotatable bonds is 4. The molecule has 1 unspecified atom stereocenters. The highest BCUT2D eigenvalue weighted by molar-refractivity contribution is 5.00. The number of aromatic nitrogens is 2. The minimum Gasteiger partial charge on any atom is -0.331 e. The van der Waals surface area contributed by atoms with Gasteiger partial charge in [0.2, 0.25) is 0 Å². The van der Waals surface area contributed by atoms with Crippen LogP contribution in [-0.2, 0) is 6.54 Å². The van der Waals surface area contributed by atoms with Crippen LogP contribution in [0.15, 0.2) is 12.5 Å². The van der Waals surface area contributed by atoms with Crippen LogP contribution in [-0.4, -0.2) is 40.6 Å². The largest absolute Gasteiger partial charge is 0.331 e. The zero-order chi connectivity index (χ0) is 11.5. The van der Waals surface area contributed by atoms with Crippen molar-refractivity contribution >= 4 is 0 Å². The van der Waals surface area contributed by atoms with Gasteiger partial charge >= 0.3 is 0 Å². The van der Waals surface area contributed by atoms with Crippen LogP contribution in [0.1, 0.15) is 32.0 Å². The predicted octanol–water partition coefficient (Wildman–Crippen LogP) is 1.26. The van der Waals surface area contributed by atoms with Gasteiger partial charge in [0, 0.05) is 37.9 Å². The van der Waals surface area contributed by atoms with Crippen LogP contribution in [0, 0.1) is 0 Å². The third-order valence-corrected chi connectivity index (χ3v) is 3.37. The summed E-state index contributed by atoms with van der Waals surface area (Å²) in [4.78, 5) is 6.74. The third kappa shape index (κ3) is 2.44. The van der Waals surface area contributed by atoms with Gasteiger partial charge in [-0.3, -0.25) is 4.90 Å². The van der Waals surface area contributed by atoms with Crippen LogP contribution in [0.2, 0.25) is 0 Å². The van der Waals surface area contributed by atoms with Crippen LogP contribution < -0.4 is 5.32 Å². The second-order valence-electron chi connectivity index (χ2n) is 4.90. The Bertz CT molecular complexity index is 332. The van der Waals surface area contributed by atoms with Gasteiger partial charge in [-0.1, -0.05) is 0 Å². The topological polar surface area (TPSA) is 33.1 Å². The van der Waals surface area contributed by atoms with Gasteiger partial charge in [-0.15, -0.1) is 0 Å². The van der Waals surface area contributed by atoms with Gasteiger partial charge in [-0.2, -0.15) is 0 Å². The summed E-state index contributed by atoms with van der Waals surface area (Å²) in [5.74, 6) is 0. The number of nitrogens with zero attached hydrogens (tertiary/aromatic N) is 3. The molecular weight excluding hydrogens is 200 g/mol. The molecule has 1 saturated heterocycles. The fraction of sp³-hybridized carbons (Fsp3) is 0.750. The SMILES string of the molecule is CNC1CCN(Cc2cncn2C(C)C)C1. The number of hydrogen-bond donors (Lipinski definition) is 1. The highest BCUT2D eigenvalue weighted by Crippen LogP contribution is 2.15. The predicted molar refractivity (Wildman–Crippen MR) is 65.4 cm³/mol. The number of nitrogens with one attached hydrogen (secondary N) is 1. The molecule has 0 radical (unpaired) electrons. The van der Waals surface area contributed by atoms with E-state index in [9.17, 15) is 0 Å². The first-order valence-corrected chi connectivity index (χ1v) is 6.11. The van der Waals surface area contributed by atoms with E-state index in [1.54, 1.807) is 0 Å². The first kappa shape index (κ1) is 11.6. The number of imidazole rings is 1. The van der Waals surface area contributed by atoms with Gasteiger partial charge in [0.15, 0.2) is 0 Å². The molecule has 0 aliphatic carbocycles. The van der Waals surface area contributed by atoms with Crippen LogP contribution in [0.4, 0.5) is 0 Å². The summed E-state index contributed by atoms with van der Waals surface area (Å²) in [6.07, 6.45) is 5.19. The van der Waals surface area contributed by atoms with Crippen molar-refractivity contribution in [2.75, 3.05) is 20.1 Å². The number of likely N-dealkylation sites (N-methyl/N-ethyl adjacent to an activating group) is 1. The summed E-state index contributed by atoms with van der Waals surface area (Å²) in [6, 6.07) is 1.16. The summed E-state index contributed by atoms with van der Waals surface area (Å²) >= 11 is 0. The van der Waals surface area contributed by atoms with Gasteiger partial charge < -0.3 is 9.88 Å². The molecule has 1 aromatic rings. The average molecular weight is 222 g/mol. The van der Waals surface area contributed by atoms with E-state index in [2.05, 4.69) is 33.6 Å². The molecular formula is C12H22N4. The van der Waals surface area contributed by atoms with E-state index < -0.39 is 0 Å². The van der Waals surface area contributed by atoms with Crippen molar-refractivity contribution in [1.29, 1.82) is 0 Å². The van der Waals surface area contributed by atoms with E-state index in [1.165, 1.54) is 18.7 Å². The fourth-order valence-electron chi connectivity index (χ4n) is 2.36. The average Bonchev–Trinajstić information content (AvgIpc) is 2.87. The summed E-state index contributed by atoms with van der Waals surface area (Å²) in [6.45, 7) is 7.77. The smallest absolute Gasteiger partial charge is 0.0951 e. The first-order valence-electron chi connectivity index (χ1n) is 6.11. The molecule has 1 atom stereocenters. The van der Waals surface area contributed by atoms with Crippen molar-refractivity contribution in [3.05, 3.63) is 18.2 Å². The van der Waals surface area contributed by atoms with Crippen molar-refractivity contribution in [1.82, 2.24) is 19.8 Å². The summed E-state index contributed by atoms with van der Waals surface area (Å²) in [7, 11) is 2.05. The quantitative estimate of drug-likeness (QED) is 0.832. The molecule has 0 bridgehead atoms. The molecule has 0 saturated carbocycles. The first-order chi connectivity index (χ1) is 7.70. The van der Waals surface area contributed by atoms with Crippen molar-refractivity contribution < 1.29 is 0 Å². The van der Waals surface area contributed by atoms with E-state index in [0.717, 1.165) is 13.1 Å². The molecule has 0 aromatic carbocycles. The molecule has 1 aliphatic heterocycles. The summed E-state index contributed by atoms with van der Waals surface area (Å²) in [5.41, 5.74) is 1.33. The Morgan fingerprint density at radius 1 is 1.56 bits per heavy atom. The lowest BCUT2D eigenvalue weighted by molar-refractivity contribution is 0.310. The van der Waals surface area contributed by atoms with Crippen molar-refractivity contribution in [2.45, 2.75) is 38.9 Å². The van der Waals surface area contributed by atoms with Crippen LogP contribution in [0.3, 0.4) is 0 Å². The molecule has 0 spiro atoms. The molecule has 0 amide bonds. The molecule has 1 aromatic heterocycles. The lowest BCUT2D eigenvalue weighted by atomic mass is 10.3. The fourth-order valence-corrected chi connectivity index (χ4v) is 2.36. The number of likely N-dealkylation sites (tertiary alicyclic amines) is 1. The van der Waals surface area contributed by atoms with Gasteiger partial charge in [-0.05, 0) is 27.3 Å². The van der Waals surface area contributed by atoms with Crippen molar-refractivity contribution in [3.63, 3.8) is 0 Å². The lowest BCUT2D eigenvalue weighted by Gasteiger charge is -2.18. The zero-order valence-corrected chi connectivity index (χ0v) is 10.5. The Morgan fingerprint density at radius 2 is 2.38 bits per heavy atom. The zero-order valence-electron chi connectivity index (χ0n) is 10.5. The van der Waals surface area contributed by atoms with Gasteiger partial charge in [0.1, 0.15) is 0 Å². The molecule has 4 heteroatoms. The van der Waals surface area contributed by atoms with E-state index in [4.69, 9.17) is 0 Å². The summed E-state index contributed by atoms with van der Waals surface area (Å²) < 4.78 is 2.26. The van der Waals surface area contributed by atoms with E-state index in [0.29, 0.717) is 12.1 Å². The van der Waals surface area contributed by atoms with Crippen molar-refractivity contribution in [3.8, 4) is 0 Å². The van der Waals surface area contributed by atoms with Crippen LogP contribution in [0.25, 0.3) is 0 Å². The highest BCUT2D eigenvalue weighted by atomic mass is 15.2. The molecule has 4 nitrogen and oxygen atoms in total. The van der Waals surface area contributed by atoms with Crippen LogP contribution >= 0.6 is 0 Å². The van der Waals surface area contributed by atoms with Gasteiger partial charge in [0.25, 0.3) is 0 Å². The highest BCUT2D eigenvalue weighted by Gasteiger charge is 2.21. The Labute approximate surface area is 97.7 Å². The van der Waals surface area contributed by atoms with Gasteiger partial charge in [0.05, 0.1) is 12.0 Å². The maximum absolute atomic E-state index is 4.25. The minimum atomic E-state index is 0.500. The van der Waals surface area contributed by atoms with E-state index in [-0.39, 0.29) is 0 Å². The standard InChI is InChI=1S/C12H22N4/c1-10(2)16-9-14-6-12(16)8-15-5-4-11(7-15)13-3/h6,9-11,13H,4-5,7-8H2,1-3H3. The third-order valence-electron chi connectivity index (χ3n) is 3.37.